The molecule has 0 radical (unpaired) electrons. The highest BCUT2D eigenvalue weighted by Gasteiger charge is 2.31. The second-order valence-corrected chi connectivity index (χ2v) is 3.54. The van der Waals surface area contributed by atoms with Gasteiger partial charge in [0.05, 0.1) is 0 Å². The molecule has 1 aliphatic rings. The number of rotatable bonds is 4. The molecule has 60 valence electrons. The number of nitrogens with one attached hydrogen (secondary N) is 1. The van der Waals surface area contributed by atoms with Gasteiger partial charge in [0.2, 0.25) is 0 Å². The second kappa shape index (κ2) is 3.35. The summed E-state index contributed by atoms with van der Waals surface area (Å²) in [5.74, 6) is 0.910. The minimum Gasteiger partial charge on any atom is -0.328 e. The third-order valence-electron chi connectivity index (χ3n) is 2.12. The predicted molar refractivity (Wildman–Crippen MR) is 43.8 cm³/mol. The Balaban J connectivity index is 1.87. The number of hydrogen-bond donors (Lipinski definition) is 2. The molecule has 0 aromatic heterocycles. The molecule has 1 saturated carbocycles. The van der Waals surface area contributed by atoms with Crippen LogP contribution in [-0.2, 0) is 0 Å². The van der Waals surface area contributed by atoms with Crippen LogP contribution in [0.5, 0.6) is 0 Å². The maximum absolute atomic E-state index is 5.59. The molecular formula is C8H18N2. The van der Waals surface area contributed by atoms with E-state index in [0.29, 0.717) is 6.04 Å². The van der Waals surface area contributed by atoms with Crippen molar-refractivity contribution in [1.82, 2.24) is 5.32 Å². The quantitative estimate of drug-likeness (QED) is 0.607. The van der Waals surface area contributed by atoms with Crippen LogP contribution in [-0.4, -0.2) is 18.6 Å². The van der Waals surface area contributed by atoms with Gasteiger partial charge in [-0.05, 0) is 32.2 Å². The van der Waals surface area contributed by atoms with Crippen LogP contribution in [0.15, 0.2) is 0 Å². The zero-order chi connectivity index (χ0) is 7.56. The first-order chi connectivity index (χ1) is 4.70. The minimum absolute atomic E-state index is 0.349. The van der Waals surface area contributed by atoms with Crippen LogP contribution in [0.1, 0.15) is 26.7 Å². The Bertz CT molecular complexity index is 101. The standard InChI is InChI=1S/C8H18N2/c1-6-5-8(6)10-4-3-7(2)9/h6-8,10H,3-5,9H2,1-2H3. The van der Waals surface area contributed by atoms with Crippen LogP contribution in [0.4, 0.5) is 0 Å². The van der Waals surface area contributed by atoms with E-state index < -0.39 is 0 Å². The molecule has 0 spiro atoms. The summed E-state index contributed by atoms with van der Waals surface area (Å²) < 4.78 is 0. The van der Waals surface area contributed by atoms with Gasteiger partial charge in [-0.25, -0.2) is 0 Å². The predicted octanol–water partition coefficient (Wildman–Crippen LogP) is 0.722. The van der Waals surface area contributed by atoms with E-state index in [9.17, 15) is 0 Å². The fourth-order valence-electron chi connectivity index (χ4n) is 1.10. The van der Waals surface area contributed by atoms with E-state index in [4.69, 9.17) is 5.73 Å². The highest BCUT2D eigenvalue weighted by atomic mass is 15.0. The van der Waals surface area contributed by atoms with Gasteiger partial charge < -0.3 is 11.1 Å². The lowest BCUT2D eigenvalue weighted by molar-refractivity contribution is 0.574. The normalized spacial score (nSPS) is 33.9. The first-order valence-corrected chi connectivity index (χ1v) is 4.19. The summed E-state index contributed by atoms with van der Waals surface area (Å²) in [7, 11) is 0. The molecule has 0 aromatic carbocycles. The fourth-order valence-corrected chi connectivity index (χ4v) is 1.10. The molecule has 0 aromatic rings. The molecule has 10 heavy (non-hydrogen) atoms. The van der Waals surface area contributed by atoms with Crippen molar-refractivity contribution in [3.05, 3.63) is 0 Å². The molecule has 1 fully saturated rings. The summed E-state index contributed by atoms with van der Waals surface area (Å²) >= 11 is 0. The monoisotopic (exact) mass is 142 g/mol. The molecule has 1 aliphatic carbocycles. The molecule has 0 aliphatic heterocycles. The van der Waals surface area contributed by atoms with Crippen molar-refractivity contribution in [2.45, 2.75) is 38.8 Å². The summed E-state index contributed by atoms with van der Waals surface area (Å²) in [6.45, 7) is 5.42. The average Bonchev–Trinajstić information content (AvgIpc) is 2.46. The molecule has 0 bridgehead atoms. The van der Waals surface area contributed by atoms with Crippen molar-refractivity contribution in [2.24, 2.45) is 11.7 Å². The van der Waals surface area contributed by atoms with E-state index >= 15 is 0 Å². The van der Waals surface area contributed by atoms with E-state index in [2.05, 4.69) is 19.2 Å². The maximum atomic E-state index is 5.59. The van der Waals surface area contributed by atoms with Crippen molar-refractivity contribution in [3.63, 3.8) is 0 Å². The topological polar surface area (TPSA) is 38.0 Å². The number of hydrogen-bond acceptors (Lipinski definition) is 2. The maximum Gasteiger partial charge on any atom is 0.00963 e. The first-order valence-electron chi connectivity index (χ1n) is 4.19. The summed E-state index contributed by atoms with van der Waals surface area (Å²) in [5, 5.41) is 3.46. The molecule has 0 saturated heterocycles. The molecule has 3 N–H and O–H groups in total. The third kappa shape index (κ3) is 2.67. The highest BCUT2D eigenvalue weighted by molar-refractivity contribution is 4.89. The Morgan fingerprint density at radius 2 is 2.30 bits per heavy atom. The van der Waals surface area contributed by atoms with Crippen molar-refractivity contribution < 1.29 is 0 Å². The molecule has 0 heterocycles. The Morgan fingerprint density at radius 1 is 1.70 bits per heavy atom. The second-order valence-electron chi connectivity index (χ2n) is 3.54. The number of nitrogens with two attached hydrogens (primary N) is 1. The first kappa shape index (κ1) is 8.02. The largest absolute Gasteiger partial charge is 0.328 e. The smallest absolute Gasteiger partial charge is 0.00963 e. The van der Waals surface area contributed by atoms with Gasteiger partial charge in [0.25, 0.3) is 0 Å². The lowest BCUT2D eigenvalue weighted by atomic mass is 10.2. The van der Waals surface area contributed by atoms with Crippen LogP contribution in [0.3, 0.4) is 0 Å². The fraction of sp³-hybridized carbons (Fsp3) is 1.00. The lowest BCUT2D eigenvalue weighted by Crippen LogP contribution is -2.25. The molecule has 3 unspecified atom stereocenters. The van der Waals surface area contributed by atoms with Gasteiger partial charge in [-0.3, -0.25) is 0 Å². The van der Waals surface area contributed by atoms with E-state index in [1.165, 1.54) is 6.42 Å². The van der Waals surface area contributed by atoms with Crippen molar-refractivity contribution in [3.8, 4) is 0 Å². The van der Waals surface area contributed by atoms with Gasteiger partial charge in [0.1, 0.15) is 0 Å². The van der Waals surface area contributed by atoms with Gasteiger partial charge in [-0.1, -0.05) is 6.92 Å². The van der Waals surface area contributed by atoms with Gasteiger partial charge in [-0.15, -0.1) is 0 Å². The molecular weight excluding hydrogens is 124 g/mol. The Labute approximate surface area is 63.2 Å². The van der Waals surface area contributed by atoms with E-state index in [1.807, 2.05) is 0 Å². The summed E-state index contributed by atoms with van der Waals surface area (Å²) in [6, 6.07) is 1.15. The van der Waals surface area contributed by atoms with Crippen LogP contribution >= 0.6 is 0 Å². The zero-order valence-electron chi connectivity index (χ0n) is 6.93. The minimum atomic E-state index is 0.349. The molecule has 1 rings (SSSR count). The van der Waals surface area contributed by atoms with Gasteiger partial charge in [-0.2, -0.15) is 0 Å². The highest BCUT2D eigenvalue weighted by Crippen LogP contribution is 2.28. The van der Waals surface area contributed by atoms with Gasteiger partial charge >= 0.3 is 0 Å². The Kier molecular flexibility index (Phi) is 2.69. The van der Waals surface area contributed by atoms with Crippen LogP contribution in [0.2, 0.25) is 0 Å². The van der Waals surface area contributed by atoms with Crippen molar-refractivity contribution >= 4 is 0 Å². The molecule has 2 nitrogen and oxygen atoms in total. The third-order valence-corrected chi connectivity index (χ3v) is 2.12. The Hall–Kier alpha value is -0.0800. The van der Waals surface area contributed by atoms with Crippen molar-refractivity contribution in [1.29, 1.82) is 0 Å². The molecule has 2 heteroatoms. The SMILES string of the molecule is CC(N)CCNC1CC1C. The van der Waals surface area contributed by atoms with E-state index in [1.54, 1.807) is 0 Å². The molecule has 0 amide bonds. The van der Waals surface area contributed by atoms with E-state index in [0.717, 1.165) is 24.9 Å². The molecule has 3 atom stereocenters. The van der Waals surface area contributed by atoms with Crippen LogP contribution < -0.4 is 11.1 Å². The summed E-state index contributed by atoms with van der Waals surface area (Å²) in [6.07, 6.45) is 2.46. The lowest BCUT2D eigenvalue weighted by Gasteiger charge is -2.05. The average molecular weight is 142 g/mol. The van der Waals surface area contributed by atoms with Crippen LogP contribution in [0.25, 0.3) is 0 Å². The summed E-state index contributed by atoms with van der Waals surface area (Å²) in [5.41, 5.74) is 5.59. The Morgan fingerprint density at radius 3 is 2.70 bits per heavy atom. The summed E-state index contributed by atoms with van der Waals surface area (Å²) in [4.78, 5) is 0. The van der Waals surface area contributed by atoms with Gasteiger partial charge in [0.15, 0.2) is 0 Å². The van der Waals surface area contributed by atoms with Crippen molar-refractivity contribution in [2.75, 3.05) is 6.54 Å². The van der Waals surface area contributed by atoms with Gasteiger partial charge in [0, 0.05) is 12.1 Å². The van der Waals surface area contributed by atoms with Crippen LogP contribution in [0, 0.1) is 5.92 Å². The zero-order valence-corrected chi connectivity index (χ0v) is 6.93. The van der Waals surface area contributed by atoms with E-state index in [-0.39, 0.29) is 0 Å².